The molecule has 0 saturated carbocycles. The van der Waals surface area contributed by atoms with Crippen LogP contribution in [0.2, 0.25) is 0 Å². The number of benzene rings is 2. The molecule has 0 aliphatic rings. The Kier molecular flexibility index (Phi) is 8.21. The predicted molar refractivity (Wildman–Crippen MR) is 128 cm³/mol. The molecule has 0 fully saturated rings. The molecule has 2 aromatic carbocycles. The minimum Gasteiger partial charge on any atom is -0.466 e. The molecule has 1 aromatic heterocycles. The standard InChI is InChI=1S/C25H25N5O4/c1-4-7-23-27-19(14-22(28-29-26)25(32)34-3)16-30(23)15-17-10-12-18(13-11-17)20-8-5-6-9-21(20)24(31)33-2/h5-6,8-14,16H,4,7,15H2,1-3H3/b22-14+. The van der Waals surface area contributed by atoms with E-state index in [1.807, 2.05) is 41.0 Å². The second-order valence-electron chi connectivity index (χ2n) is 7.40. The van der Waals surface area contributed by atoms with Crippen LogP contribution in [0.4, 0.5) is 0 Å². The Hall–Kier alpha value is -4.36. The van der Waals surface area contributed by atoms with Crippen molar-refractivity contribution in [1.82, 2.24) is 9.55 Å². The van der Waals surface area contributed by atoms with Gasteiger partial charge >= 0.3 is 11.9 Å². The van der Waals surface area contributed by atoms with Crippen molar-refractivity contribution in [3.8, 4) is 11.1 Å². The summed E-state index contributed by atoms with van der Waals surface area (Å²) in [4.78, 5) is 31.2. The molecule has 0 aliphatic carbocycles. The number of imidazole rings is 1. The minimum atomic E-state index is -0.729. The molecule has 0 bridgehead atoms. The van der Waals surface area contributed by atoms with Crippen LogP contribution in [0.3, 0.4) is 0 Å². The molecule has 0 unspecified atom stereocenters. The molecule has 0 amide bonds. The van der Waals surface area contributed by atoms with E-state index in [1.54, 1.807) is 18.3 Å². The van der Waals surface area contributed by atoms with Gasteiger partial charge in [0.25, 0.3) is 0 Å². The fraction of sp³-hybridized carbons (Fsp3) is 0.240. The number of rotatable bonds is 9. The molecule has 0 radical (unpaired) electrons. The molecule has 34 heavy (non-hydrogen) atoms. The molecule has 0 aliphatic heterocycles. The van der Waals surface area contributed by atoms with Gasteiger partial charge in [0.15, 0.2) is 0 Å². The van der Waals surface area contributed by atoms with Crippen LogP contribution >= 0.6 is 0 Å². The summed E-state index contributed by atoms with van der Waals surface area (Å²) in [6.07, 6.45) is 4.85. The molecule has 0 atom stereocenters. The van der Waals surface area contributed by atoms with E-state index in [-0.39, 0.29) is 11.7 Å². The molecular weight excluding hydrogens is 434 g/mol. The zero-order chi connectivity index (χ0) is 24.5. The van der Waals surface area contributed by atoms with E-state index in [1.165, 1.54) is 20.3 Å². The van der Waals surface area contributed by atoms with E-state index in [4.69, 9.17) is 10.3 Å². The zero-order valence-corrected chi connectivity index (χ0v) is 19.3. The number of aromatic nitrogens is 2. The summed E-state index contributed by atoms with van der Waals surface area (Å²) in [7, 11) is 2.59. The number of hydrogen-bond donors (Lipinski definition) is 0. The summed E-state index contributed by atoms with van der Waals surface area (Å²) in [5, 5.41) is 3.41. The van der Waals surface area contributed by atoms with Crippen LogP contribution in [0.15, 0.2) is 65.5 Å². The van der Waals surface area contributed by atoms with Gasteiger partial charge in [-0.25, -0.2) is 14.6 Å². The maximum atomic E-state index is 12.1. The van der Waals surface area contributed by atoms with Crippen LogP contribution in [-0.4, -0.2) is 35.7 Å². The van der Waals surface area contributed by atoms with Crippen molar-refractivity contribution in [2.24, 2.45) is 5.11 Å². The van der Waals surface area contributed by atoms with Crippen LogP contribution < -0.4 is 0 Å². The first kappa shape index (κ1) is 24.3. The van der Waals surface area contributed by atoms with Crippen molar-refractivity contribution < 1.29 is 19.1 Å². The first-order valence-electron chi connectivity index (χ1n) is 10.7. The average molecular weight is 460 g/mol. The highest BCUT2D eigenvalue weighted by Crippen LogP contribution is 2.25. The fourth-order valence-electron chi connectivity index (χ4n) is 3.54. The van der Waals surface area contributed by atoms with Crippen molar-refractivity contribution in [2.45, 2.75) is 26.3 Å². The van der Waals surface area contributed by atoms with Crippen LogP contribution in [0, 0.1) is 0 Å². The summed E-state index contributed by atoms with van der Waals surface area (Å²) >= 11 is 0. The molecule has 3 rings (SSSR count). The molecule has 9 nitrogen and oxygen atoms in total. The van der Waals surface area contributed by atoms with Gasteiger partial charge in [0.05, 0.1) is 25.5 Å². The third-order valence-electron chi connectivity index (χ3n) is 5.13. The first-order valence-corrected chi connectivity index (χ1v) is 10.7. The summed E-state index contributed by atoms with van der Waals surface area (Å²) < 4.78 is 11.6. The number of nitrogens with zero attached hydrogens (tertiary/aromatic N) is 5. The Labute approximate surface area is 197 Å². The molecule has 0 saturated heterocycles. The number of aryl methyl sites for hydroxylation is 1. The average Bonchev–Trinajstić information content (AvgIpc) is 3.24. The van der Waals surface area contributed by atoms with Gasteiger partial charge in [-0.05, 0) is 40.8 Å². The highest BCUT2D eigenvalue weighted by molar-refractivity contribution is 5.97. The van der Waals surface area contributed by atoms with Gasteiger partial charge in [-0.3, -0.25) is 0 Å². The van der Waals surface area contributed by atoms with Crippen molar-refractivity contribution in [1.29, 1.82) is 0 Å². The summed E-state index contributed by atoms with van der Waals surface area (Å²) in [6, 6.07) is 15.2. The minimum absolute atomic E-state index is 0.161. The maximum Gasteiger partial charge on any atom is 0.340 e. The van der Waals surface area contributed by atoms with E-state index < -0.39 is 5.97 Å². The lowest BCUT2D eigenvalue weighted by Crippen LogP contribution is -2.05. The zero-order valence-electron chi connectivity index (χ0n) is 19.3. The molecule has 3 aromatic rings. The predicted octanol–water partition coefficient (Wildman–Crippen LogP) is 5.16. The number of methoxy groups -OCH3 is 2. The highest BCUT2D eigenvalue weighted by atomic mass is 16.5. The van der Waals surface area contributed by atoms with Crippen molar-refractivity contribution in [3.63, 3.8) is 0 Å². The lowest BCUT2D eigenvalue weighted by molar-refractivity contribution is -0.136. The molecule has 9 heteroatoms. The molecular formula is C25H25N5O4. The van der Waals surface area contributed by atoms with Gasteiger partial charge in [-0.15, -0.1) is 0 Å². The van der Waals surface area contributed by atoms with Crippen molar-refractivity contribution in [3.05, 3.63) is 93.5 Å². The molecule has 1 heterocycles. The number of hydrogen-bond acceptors (Lipinski definition) is 6. The monoisotopic (exact) mass is 459 g/mol. The third-order valence-corrected chi connectivity index (χ3v) is 5.13. The lowest BCUT2D eigenvalue weighted by Gasteiger charge is -2.10. The van der Waals surface area contributed by atoms with Crippen LogP contribution in [0.25, 0.3) is 27.6 Å². The van der Waals surface area contributed by atoms with Crippen LogP contribution in [-0.2, 0) is 27.2 Å². The Morgan fingerprint density at radius 3 is 2.50 bits per heavy atom. The number of ether oxygens (including phenoxy) is 2. The summed E-state index contributed by atoms with van der Waals surface area (Å²) in [5.41, 5.74) is 12.3. The smallest absolute Gasteiger partial charge is 0.340 e. The van der Waals surface area contributed by atoms with Gasteiger partial charge in [-0.1, -0.05) is 54.5 Å². The second kappa shape index (κ2) is 11.5. The van der Waals surface area contributed by atoms with E-state index >= 15 is 0 Å². The van der Waals surface area contributed by atoms with Gasteiger partial charge in [0.1, 0.15) is 11.5 Å². The Morgan fingerprint density at radius 1 is 1.12 bits per heavy atom. The quantitative estimate of drug-likeness (QED) is 0.144. The molecule has 0 N–H and O–H groups in total. The fourth-order valence-corrected chi connectivity index (χ4v) is 3.54. The van der Waals surface area contributed by atoms with Gasteiger partial charge < -0.3 is 14.0 Å². The second-order valence-corrected chi connectivity index (χ2v) is 7.40. The Morgan fingerprint density at radius 2 is 1.85 bits per heavy atom. The van der Waals surface area contributed by atoms with Crippen LogP contribution in [0.1, 0.15) is 40.8 Å². The Balaban J connectivity index is 1.89. The van der Waals surface area contributed by atoms with E-state index in [0.29, 0.717) is 17.8 Å². The van der Waals surface area contributed by atoms with Gasteiger partial charge in [0, 0.05) is 24.1 Å². The summed E-state index contributed by atoms with van der Waals surface area (Å²) in [5.74, 6) is -0.263. The first-order chi connectivity index (χ1) is 16.5. The SMILES string of the molecule is CCCc1nc(/C=C(/N=[N+]=[N-])C(=O)OC)cn1Cc1ccc(-c2ccccc2C(=O)OC)cc1. The number of azide groups is 1. The van der Waals surface area contributed by atoms with E-state index in [2.05, 4.69) is 26.7 Å². The van der Waals surface area contributed by atoms with E-state index in [9.17, 15) is 9.59 Å². The van der Waals surface area contributed by atoms with Gasteiger partial charge in [-0.2, -0.15) is 0 Å². The number of carbonyl (C=O) groups excluding carboxylic acids is 2. The number of esters is 2. The normalized spacial score (nSPS) is 11.0. The lowest BCUT2D eigenvalue weighted by atomic mass is 9.98. The maximum absolute atomic E-state index is 12.1. The topological polar surface area (TPSA) is 119 Å². The summed E-state index contributed by atoms with van der Waals surface area (Å²) in [6.45, 7) is 2.62. The largest absolute Gasteiger partial charge is 0.466 e. The Bertz CT molecular complexity index is 1250. The van der Waals surface area contributed by atoms with Crippen molar-refractivity contribution >= 4 is 18.0 Å². The third kappa shape index (κ3) is 5.70. The molecule has 0 spiro atoms. The highest BCUT2D eigenvalue weighted by Gasteiger charge is 2.14. The van der Waals surface area contributed by atoms with Crippen molar-refractivity contribution in [2.75, 3.05) is 14.2 Å². The number of carbonyl (C=O) groups is 2. The van der Waals surface area contributed by atoms with E-state index in [0.717, 1.165) is 35.4 Å². The van der Waals surface area contributed by atoms with Gasteiger partial charge in [0.2, 0.25) is 0 Å². The molecule has 174 valence electrons. The van der Waals surface area contributed by atoms with Crippen LogP contribution in [0.5, 0.6) is 0 Å².